The van der Waals surface area contributed by atoms with Crippen LogP contribution in [0.1, 0.15) is 51.4 Å². The summed E-state index contributed by atoms with van der Waals surface area (Å²) in [5.41, 5.74) is 5.72. The Kier molecular flexibility index (Phi) is 4.62. The number of ether oxygens (including phenoxy) is 2. The SMILES string of the molecule is NCC1(OC2CCCCCC2)CCCOC1. The molecule has 0 aromatic rings. The molecule has 0 bridgehead atoms. The standard InChI is InChI=1S/C13H25NO2/c14-10-13(8-5-9-15-11-13)16-12-6-3-1-2-4-7-12/h12H,1-11,14H2. The molecule has 1 aliphatic carbocycles. The number of hydrogen-bond acceptors (Lipinski definition) is 3. The third-order valence-corrected chi connectivity index (χ3v) is 3.88. The third kappa shape index (κ3) is 3.19. The molecule has 1 aliphatic heterocycles. The summed E-state index contributed by atoms with van der Waals surface area (Å²) in [7, 11) is 0. The van der Waals surface area contributed by atoms with Gasteiger partial charge >= 0.3 is 0 Å². The maximum Gasteiger partial charge on any atom is 0.104 e. The van der Waals surface area contributed by atoms with Crippen molar-refractivity contribution >= 4 is 0 Å². The Morgan fingerprint density at radius 1 is 1.12 bits per heavy atom. The van der Waals surface area contributed by atoms with E-state index in [-0.39, 0.29) is 5.60 Å². The molecular formula is C13H25NO2. The van der Waals surface area contributed by atoms with Gasteiger partial charge in [0.15, 0.2) is 0 Å². The average Bonchev–Trinajstić information content (AvgIpc) is 2.59. The van der Waals surface area contributed by atoms with Crippen LogP contribution in [0.15, 0.2) is 0 Å². The molecule has 2 fully saturated rings. The normalized spacial score (nSPS) is 33.6. The molecule has 2 aliphatic rings. The van der Waals surface area contributed by atoms with Crippen molar-refractivity contribution < 1.29 is 9.47 Å². The van der Waals surface area contributed by atoms with Crippen molar-refractivity contribution in [2.75, 3.05) is 19.8 Å². The molecule has 1 atom stereocenters. The van der Waals surface area contributed by atoms with E-state index in [1.807, 2.05) is 0 Å². The van der Waals surface area contributed by atoms with Gasteiger partial charge in [-0.25, -0.2) is 0 Å². The van der Waals surface area contributed by atoms with E-state index < -0.39 is 0 Å². The summed E-state index contributed by atoms with van der Waals surface area (Å²) in [6.45, 7) is 2.17. The molecule has 94 valence electrons. The van der Waals surface area contributed by atoms with Gasteiger partial charge in [-0.1, -0.05) is 25.7 Å². The van der Waals surface area contributed by atoms with Crippen LogP contribution in [-0.4, -0.2) is 31.5 Å². The molecule has 0 amide bonds. The molecule has 0 radical (unpaired) electrons. The minimum atomic E-state index is -0.173. The summed E-state index contributed by atoms with van der Waals surface area (Å²) in [6, 6.07) is 0. The smallest absolute Gasteiger partial charge is 0.104 e. The van der Waals surface area contributed by atoms with Gasteiger partial charge in [-0.3, -0.25) is 0 Å². The maximum absolute atomic E-state index is 6.30. The fourth-order valence-electron chi connectivity index (χ4n) is 2.84. The predicted octanol–water partition coefficient (Wildman–Crippen LogP) is 2.23. The van der Waals surface area contributed by atoms with Crippen molar-refractivity contribution in [1.29, 1.82) is 0 Å². The Bertz CT molecular complexity index is 194. The highest BCUT2D eigenvalue weighted by atomic mass is 16.6. The zero-order chi connectivity index (χ0) is 11.3. The van der Waals surface area contributed by atoms with Crippen LogP contribution in [-0.2, 0) is 9.47 Å². The molecule has 3 nitrogen and oxygen atoms in total. The molecule has 2 N–H and O–H groups in total. The van der Waals surface area contributed by atoms with Gasteiger partial charge in [0.25, 0.3) is 0 Å². The fourth-order valence-corrected chi connectivity index (χ4v) is 2.84. The molecule has 1 unspecified atom stereocenters. The van der Waals surface area contributed by atoms with E-state index in [9.17, 15) is 0 Å². The number of rotatable bonds is 3. The van der Waals surface area contributed by atoms with E-state index in [0.717, 1.165) is 19.4 Å². The lowest BCUT2D eigenvalue weighted by atomic mass is 9.95. The molecule has 1 heterocycles. The van der Waals surface area contributed by atoms with Gasteiger partial charge in [0.2, 0.25) is 0 Å². The van der Waals surface area contributed by atoms with E-state index >= 15 is 0 Å². The Balaban J connectivity index is 1.88. The topological polar surface area (TPSA) is 44.5 Å². The average molecular weight is 227 g/mol. The second-order valence-corrected chi connectivity index (χ2v) is 5.27. The van der Waals surface area contributed by atoms with E-state index in [1.165, 1.54) is 38.5 Å². The van der Waals surface area contributed by atoms with Crippen LogP contribution in [0.5, 0.6) is 0 Å². The largest absolute Gasteiger partial charge is 0.378 e. The van der Waals surface area contributed by atoms with E-state index in [0.29, 0.717) is 19.3 Å². The molecular weight excluding hydrogens is 202 g/mol. The molecule has 0 aromatic heterocycles. The summed E-state index contributed by atoms with van der Waals surface area (Å²) in [5.74, 6) is 0. The molecule has 3 heteroatoms. The van der Waals surface area contributed by atoms with Gasteiger partial charge in [0, 0.05) is 13.2 Å². The van der Waals surface area contributed by atoms with E-state index in [2.05, 4.69) is 0 Å². The van der Waals surface area contributed by atoms with E-state index in [4.69, 9.17) is 15.2 Å². The van der Waals surface area contributed by atoms with Crippen LogP contribution in [0, 0.1) is 0 Å². The van der Waals surface area contributed by atoms with Crippen molar-refractivity contribution in [1.82, 2.24) is 0 Å². The summed E-state index contributed by atoms with van der Waals surface area (Å²) >= 11 is 0. The van der Waals surface area contributed by atoms with Crippen LogP contribution in [0.2, 0.25) is 0 Å². The van der Waals surface area contributed by atoms with Gasteiger partial charge in [-0.15, -0.1) is 0 Å². The van der Waals surface area contributed by atoms with Crippen molar-refractivity contribution in [2.24, 2.45) is 5.73 Å². The predicted molar refractivity (Wildman–Crippen MR) is 64.4 cm³/mol. The first-order chi connectivity index (χ1) is 7.85. The summed E-state index contributed by atoms with van der Waals surface area (Å²) in [5, 5.41) is 0. The first-order valence-electron chi connectivity index (χ1n) is 6.80. The Morgan fingerprint density at radius 3 is 2.44 bits per heavy atom. The van der Waals surface area contributed by atoms with Crippen LogP contribution in [0.25, 0.3) is 0 Å². The van der Waals surface area contributed by atoms with Gasteiger partial charge in [0.1, 0.15) is 5.60 Å². The minimum Gasteiger partial charge on any atom is -0.378 e. The highest BCUT2D eigenvalue weighted by molar-refractivity contribution is 4.86. The second kappa shape index (κ2) is 5.99. The Labute approximate surface area is 98.7 Å². The highest BCUT2D eigenvalue weighted by Crippen LogP contribution is 2.29. The van der Waals surface area contributed by atoms with Crippen LogP contribution < -0.4 is 5.73 Å². The summed E-state index contributed by atoms with van der Waals surface area (Å²) < 4.78 is 11.8. The van der Waals surface area contributed by atoms with Crippen LogP contribution in [0.3, 0.4) is 0 Å². The summed E-state index contributed by atoms with van der Waals surface area (Å²) in [6.07, 6.45) is 10.4. The molecule has 0 spiro atoms. The monoisotopic (exact) mass is 227 g/mol. The van der Waals surface area contributed by atoms with Gasteiger partial charge < -0.3 is 15.2 Å². The highest BCUT2D eigenvalue weighted by Gasteiger charge is 2.35. The van der Waals surface area contributed by atoms with Crippen molar-refractivity contribution in [3.05, 3.63) is 0 Å². The van der Waals surface area contributed by atoms with Gasteiger partial charge in [0.05, 0.1) is 12.7 Å². The molecule has 2 rings (SSSR count). The lowest BCUT2D eigenvalue weighted by Crippen LogP contribution is -2.49. The first-order valence-corrected chi connectivity index (χ1v) is 6.80. The fraction of sp³-hybridized carbons (Fsp3) is 1.00. The number of nitrogens with two attached hydrogens (primary N) is 1. The van der Waals surface area contributed by atoms with Crippen LogP contribution in [0.4, 0.5) is 0 Å². The number of hydrogen-bond donors (Lipinski definition) is 1. The van der Waals surface area contributed by atoms with E-state index in [1.54, 1.807) is 0 Å². The molecule has 0 aromatic carbocycles. The molecule has 1 saturated carbocycles. The minimum absolute atomic E-state index is 0.173. The lowest BCUT2D eigenvalue weighted by molar-refractivity contribution is -0.155. The van der Waals surface area contributed by atoms with Crippen LogP contribution >= 0.6 is 0 Å². The molecule has 1 saturated heterocycles. The quantitative estimate of drug-likeness (QED) is 0.752. The zero-order valence-electron chi connectivity index (χ0n) is 10.2. The third-order valence-electron chi connectivity index (χ3n) is 3.88. The lowest BCUT2D eigenvalue weighted by Gasteiger charge is -2.38. The Morgan fingerprint density at radius 2 is 1.88 bits per heavy atom. The summed E-state index contributed by atoms with van der Waals surface area (Å²) in [4.78, 5) is 0. The van der Waals surface area contributed by atoms with Gasteiger partial charge in [-0.05, 0) is 25.7 Å². The zero-order valence-corrected chi connectivity index (χ0v) is 10.2. The Hall–Kier alpha value is -0.120. The first kappa shape index (κ1) is 12.3. The van der Waals surface area contributed by atoms with Crippen molar-refractivity contribution in [2.45, 2.75) is 63.1 Å². The second-order valence-electron chi connectivity index (χ2n) is 5.27. The van der Waals surface area contributed by atoms with Gasteiger partial charge in [-0.2, -0.15) is 0 Å². The molecule has 16 heavy (non-hydrogen) atoms. The van der Waals surface area contributed by atoms with Crippen molar-refractivity contribution in [3.63, 3.8) is 0 Å². The van der Waals surface area contributed by atoms with Crippen molar-refractivity contribution in [3.8, 4) is 0 Å². The maximum atomic E-state index is 6.30.